The molecular weight excluding hydrogens is 1480 g/mol. The molecule has 598 valence electrons. The van der Waals surface area contributed by atoms with Gasteiger partial charge in [-0.25, -0.2) is 34.9 Å². The van der Waals surface area contributed by atoms with Gasteiger partial charge in [0.25, 0.3) is 0 Å². The second-order valence-corrected chi connectivity index (χ2v) is 47.3. The SMILES string of the molecule is CC(C)(C)c1nc2c(s1)C(=O)CC(c1ccccc1)C2.CC(C)(C)c1nc2c(s1)CC(CO)CC2.CC(C)(C)c1nc2c(s1)CCC2.CC(C)(C)c1nc2c(s1)CCCC2.CC(C)(C)c1nc2c(s1)CCCC2(C)C.CC1(C)CC(=O)c2sc(C(C)(C)C)nc2C1.CCOC(=O)C1CCc2nc(C(C)(C)C)sc2C1. The summed E-state index contributed by atoms with van der Waals surface area (Å²) in [6.45, 7) is 57.9. The average molecular weight is 1620 g/mol. The van der Waals surface area contributed by atoms with E-state index in [9.17, 15) is 14.4 Å². The second kappa shape index (κ2) is 35.2. The molecule has 0 spiro atoms. The van der Waals surface area contributed by atoms with E-state index < -0.39 is 0 Å². The number of esters is 1. The molecule has 0 bridgehead atoms. The third kappa shape index (κ3) is 23.6. The maximum atomic E-state index is 12.4. The summed E-state index contributed by atoms with van der Waals surface area (Å²) < 4.78 is 5.12. The highest BCUT2D eigenvalue weighted by Gasteiger charge is 2.38. The number of carbonyl (C=O) groups excluding carboxylic acids is 3. The first-order valence-corrected chi connectivity index (χ1v) is 46.1. The number of rotatable bonds is 4. The van der Waals surface area contributed by atoms with E-state index in [4.69, 9.17) is 34.8 Å². The van der Waals surface area contributed by atoms with Crippen LogP contribution in [-0.4, -0.2) is 70.7 Å². The summed E-state index contributed by atoms with van der Waals surface area (Å²) in [6.07, 6.45) is 21.7. The fourth-order valence-electron chi connectivity index (χ4n) is 14.1. The van der Waals surface area contributed by atoms with E-state index in [1.165, 1.54) is 138 Å². The van der Waals surface area contributed by atoms with Crippen LogP contribution in [0.15, 0.2) is 30.3 Å². The van der Waals surface area contributed by atoms with Crippen LogP contribution in [0.3, 0.4) is 0 Å². The van der Waals surface area contributed by atoms with Gasteiger partial charge in [0.15, 0.2) is 11.6 Å². The number of hydrogen-bond acceptors (Lipinski definition) is 19. The first-order chi connectivity index (χ1) is 50.5. The number of aryl methyl sites for hydroxylation is 7. The van der Waals surface area contributed by atoms with Crippen LogP contribution >= 0.6 is 79.4 Å². The highest BCUT2D eigenvalue weighted by Crippen LogP contribution is 2.45. The molecule has 0 saturated carbocycles. The topological polar surface area (TPSA) is 171 Å². The van der Waals surface area contributed by atoms with Gasteiger partial charge in [0.05, 0.1) is 97.2 Å². The molecule has 0 aliphatic heterocycles. The molecule has 0 amide bonds. The number of hydrogen-bond donors (Lipinski definition) is 1. The van der Waals surface area contributed by atoms with Crippen LogP contribution in [-0.2, 0) is 123 Å². The Bertz CT molecular complexity index is 4340. The Morgan fingerprint density at radius 2 is 0.835 bits per heavy atom. The number of aliphatic hydroxyl groups excluding tert-OH is 1. The molecule has 7 aliphatic rings. The number of carbonyl (C=O) groups is 3. The molecule has 7 heterocycles. The van der Waals surface area contributed by atoms with Crippen LogP contribution in [0, 0.1) is 17.3 Å². The van der Waals surface area contributed by atoms with Gasteiger partial charge < -0.3 is 9.84 Å². The number of ketones is 2. The zero-order valence-corrected chi connectivity index (χ0v) is 77.0. The van der Waals surface area contributed by atoms with E-state index in [1.54, 1.807) is 43.8 Å². The average Bonchev–Trinajstić information content (AvgIpc) is 1.66. The van der Waals surface area contributed by atoms with Gasteiger partial charge >= 0.3 is 5.97 Å². The lowest BCUT2D eigenvalue weighted by atomic mass is 9.78. The largest absolute Gasteiger partial charge is 0.466 e. The summed E-state index contributed by atoms with van der Waals surface area (Å²) in [7, 11) is 0. The minimum atomic E-state index is -0.0474. The van der Waals surface area contributed by atoms with E-state index in [0.29, 0.717) is 37.4 Å². The third-order valence-electron chi connectivity index (χ3n) is 20.7. The number of ether oxygens (including phenoxy) is 1. The van der Waals surface area contributed by atoms with Crippen LogP contribution in [0.2, 0.25) is 0 Å². The molecule has 3 unspecified atom stereocenters. The maximum absolute atomic E-state index is 12.4. The Morgan fingerprint density at radius 3 is 1.32 bits per heavy atom. The van der Waals surface area contributed by atoms with Gasteiger partial charge in [-0.1, -0.05) is 203 Å². The van der Waals surface area contributed by atoms with E-state index in [1.807, 2.05) is 70.5 Å². The predicted octanol–water partition coefficient (Wildman–Crippen LogP) is 23.9. The van der Waals surface area contributed by atoms with Gasteiger partial charge in [0.2, 0.25) is 0 Å². The minimum absolute atomic E-state index is 0.0184. The lowest BCUT2D eigenvalue weighted by Gasteiger charge is -2.28. The van der Waals surface area contributed by atoms with Crippen molar-refractivity contribution in [3.8, 4) is 0 Å². The lowest BCUT2D eigenvalue weighted by Crippen LogP contribution is -2.26. The van der Waals surface area contributed by atoms with Crippen molar-refractivity contribution in [3.05, 3.63) is 145 Å². The van der Waals surface area contributed by atoms with Crippen molar-refractivity contribution in [2.24, 2.45) is 17.3 Å². The quantitative estimate of drug-likeness (QED) is 0.166. The number of fused-ring (bicyclic) bond motifs is 7. The third-order valence-corrected chi connectivity index (χ3v) is 31.6. The van der Waals surface area contributed by atoms with Crippen molar-refractivity contribution in [3.63, 3.8) is 0 Å². The summed E-state index contributed by atoms with van der Waals surface area (Å²) >= 11 is 12.6. The Labute approximate surface area is 683 Å². The molecule has 3 atom stereocenters. The van der Waals surface area contributed by atoms with Gasteiger partial charge in [-0.05, 0) is 145 Å². The summed E-state index contributed by atoms with van der Waals surface area (Å²) in [5.74, 6) is 1.27. The molecule has 0 fully saturated rings. The van der Waals surface area contributed by atoms with Crippen molar-refractivity contribution in [2.75, 3.05) is 13.2 Å². The molecule has 1 N–H and O–H groups in total. The number of thiazole rings is 7. The number of aliphatic hydroxyl groups is 1. The van der Waals surface area contributed by atoms with Gasteiger partial charge in [-0.3, -0.25) is 14.4 Å². The molecule has 0 saturated heterocycles. The first kappa shape index (κ1) is 88.4. The molecule has 12 nitrogen and oxygen atoms in total. The summed E-state index contributed by atoms with van der Waals surface area (Å²) in [5.41, 5.74) is 11.3. The Morgan fingerprint density at radius 1 is 0.431 bits per heavy atom. The van der Waals surface area contributed by atoms with Gasteiger partial charge in [0, 0.05) is 87.2 Å². The zero-order valence-electron chi connectivity index (χ0n) is 71.2. The predicted molar refractivity (Wildman–Crippen MR) is 463 cm³/mol. The van der Waals surface area contributed by atoms with Gasteiger partial charge in [-0.2, -0.15) is 0 Å². The maximum Gasteiger partial charge on any atom is 0.309 e. The summed E-state index contributed by atoms with van der Waals surface area (Å²) in [5, 5.41) is 17.7. The zero-order chi connectivity index (χ0) is 80.4. The smallest absolute Gasteiger partial charge is 0.309 e. The Kier molecular flexibility index (Phi) is 28.6. The minimum Gasteiger partial charge on any atom is -0.466 e. The van der Waals surface area contributed by atoms with Gasteiger partial charge in [-0.15, -0.1) is 79.4 Å². The molecule has 109 heavy (non-hydrogen) atoms. The molecular formula is C90H131N7O5S7. The van der Waals surface area contributed by atoms with Crippen LogP contribution in [0.25, 0.3) is 0 Å². The van der Waals surface area contributed by atoms with Crippen molar-refractivity contribution in [1.82, 2.24) is 34.9 Å². The van der Waals surface area contributed by atoms with Crippen LogP contribution in [0.1, 0.15) is 368 Å². The summed E-state index contributed by atoms with van der Waals surface area (Å²) in [4.78, 5) is 78.5. The molecule has 15 rings (SSSR count). The number of aromatic nitrogens is 7. The van der Waals surface area contributed by atoms with Crippen molar-refractivity contribution >= 4 is 96.9 Å². The van der Waals surface area contributed by atoms with Crippen molar-refractivity contribution in [2.45, 2.75) is 358 Å². The van der Waals surface area contributed by atoms with Crippen LogP contribution < -0.4 is 0 Å². The second-order valence-electron chi connectivity index (χ2n) is 39.8. The van der Waals surface area contributed by atoms with E-state index >= 15 is 0 Å². The Hall–Kier alpha value is -4.60. The first-order valence-electron chi connectivity index (χ1n) is 40.4. The fraction of sp³-hybridized carbons (Fsp3) is 0.667. The monoisotopic (exact) mass is 1610 g/mol. The number of nitrogens with zero attached hydrogens (tertiary/aromatic N) is 7. The van der Waals surface area contributed by atoms with E-state index in [0.717, 1.165) is 82.5 Å². The van der Waals surface area contributed by atoms with E-state index in [2.05, 4.69) is 195 Å². The van der Waals surface area contributed by atoms with E-state index in [-0.39, 0.29) is 72.7 Å². The standard InChI is InChI=1S/C17H19NOS.C14H21NO2S.C13H19NOS.C13H21NS.C12H19NOS.C11H17NS.C10H15NS/c1-17(2,3)16-18-13-9-12(10-14(19)15(13)20-16)11-7-5-4-6-8-11;1-5-17-12(16)9-6-7-10-11(8-9)18-13(15-10)14(2,3)4;1-12(2,3)11-14-8-6-13(4,5)7-9(15)10(8)16-11;1-12(2,3)11-14-10-9(15-11)7-6-8-13(10,4)5;1-12(2,3)11-13-9-5-4-8(7-14)6-10(9)15-11;1-11(2,3)10-12-8-6-4-5-7-9(8)13-10;1-10(2,3)9-11-7-5-4-6-8(7)12-9/h4-8,12H,9-10H2,1-3H3;9H,5-8H2,1-4H3;6-7H2,1-5H3;6-8H2,1-5H3;8,14H,4-7H2,1-3H3;4-7H2,1-3H3;4-6H2,1-3H3. The molecule has 19 heteroatoms. The molecule has 8 aromatic rings. The molecule has 1 aromatic carbocycles. The van der Waals surface area contributed by atoms with Crippen molar-refractivity contribution < 1.29 is 24.2 Å². The molecule has 7 aromatic heterocycles. The number of Topliss-reactive ketones (excluding diaryl/α,β-unsaturated/α-hetero) is 2. The summed E-state index contributed by atoms with van der Waals surface area (Å²) in [6, 6.07) is 10.3. The highest BCUT2D eigenvalue weighted by molar-refractivity contribution is 7.15. The Balaban J connectivity index is 0.000000147. The molecule has 7 aliphatic carbocycles. The van der Waals surface area contributed by atoms with Crippen LogP contribution in [0.5, 0.6) is 0 Å². The molecule has 0 radical (unpaired) electrons. The van der Waals surface area contributed by atoms with Crippen LogP contribution in [0.4, 0.5) is 0 Å². The van der Waals surface area contributed by atoms with Gasteiger partial charge in [0.1, 0.15) is 0 Å². The fourth-order valence-corrected chi connectivity index (χ4v) is 22.6. The lowest BCUT2D eigenvalue weighted by molar-refractivity contribution is -0.148. The highest BCUT2D eigenvalue weighted by atomic mass is 32.1. The van der Waals surface area contributed by atoms with Crippen molar-refractivity contribution in [1.29, 1.82) is 0 Å². The number of benzene rings is 1. The normalized spacial score (nSPS) is 19.2.